The fraction of sp³-hybridized carbons (Fsp3) is 0.571. The maximum Gasteiger partial charge on any atom is 0.213 e. The first kappa shape index (κ1) is 18.9. The smallest absolute Gasteiger partial charge is 0.213 e. The fourth-order valence-corrected chi connectivity index (χ4v) is 1.40. The van der Waals surface area contributed by atoms with Gasteiger partial charge < -0.3 is 15.8 Å². The van der Waals surface area contributed by atoms with Gasteiger partial charge in [-0.1, -0.05) is 13.0 Å². The Balaban J connectivity index is 0.00000361. The molecular weight excluding hydrogens is 367 g/mol. The molecule has 0 aromatic carbocycles. The van der Waals surface area contributed by atoms with Crippen LogP contribution < -0.4 is 15.8 Å². The van der Waals surface area contributed by atoms with E-state index in [1.54, 1.807) is 6.20 Å². The van der Waals surface area contributed by atoms with Crippen molar-refractivity contribution >= 4 is 29.9 Å². The molecule has 5 nitrogen and oxygen atoms in total. The third-order valence-electron chi connectivity index (χ3n) is 2.19. The largest absolute Gasteiger partial charge is 0.478 e. The number of aromatic nitrogens is 1. The minimum absolute atomic E-state index is 0. The summed E-state index contributed by atoms with van der Waals surface area (Å²) in [5, 5.41) is 3.11. The van der Waals surface area contributed by atoms with Gasteiger partial charge in [0.2, 0.25) is 5.88 Å². The van der Waals surface area contributed by atoms with E-state index < -0.39 is 0 Å². The molecule has 0 amide bonds. The summed E-state index contributed by atoms with van der Waals surface area (Å²) in [5.41, 5.74) is 6.72. The van der Waals surface area contributed by atoms with Crippen LogP contribution in [0.2, 0.25) is 0 Å². The number of hydrogen-bond donors (Lipinski definition) is 2. The maximum atomic E-state index is 5.80. The van der Waals surface area contributed by atoms with E-state index in [2.05, 4.69) is 22.2 Å². The summed E-state index contributed by atoms with van der Waals surface area (Å²) in [4.78, 5) is 8.49. The summed E-state index contributed by atoms with van der Waals surface area (Å²) in [7, 11) is 0. The summed E-state index contributed by atoms with van der Waals surface area (Å²) in [6.45, 7) is 9.38. The van der Waals surface area contributed by atoms with Gasteiger partial charge >= 0.3 is 0 Å². The molecular formula is C14H25IN4O. The maximum absolute atomic E-state index is 5.80. The first-order chi connectivity index (χ1) is 8.90. The van der Waals surface area contributed by atoms with Gasteiger partial charge in [-0.05, 0) is 32.8 Å². The zero-order valence-electron chi connectivity index (χ0n) is 12.6. The highest BCUT2D eigenvalue weighted by atomic mass is 127. The molecule has 1 aromatic heterocycles. The van der Waals surface area contributed by atoms with Gasteiger partial charge in [-0.2, -0.15) is 0 Å². The summed E-state index contributed by atoms with van der Waals surface area (Å²) >= 11 is 0. The Morgan fingerprint density at radius 2 is 2.10 bits per heavy atom. The van der Waals surface area contributed by atoms with Crippen LogP contribution in [-0.4, -0.2) is 23.1 Å². The number of rotatable bonds is 5. The van der Waals surface area contributed by atoms with Gasteiger partial charge in [-0.3, -0.25) is 0 Å². The molecule has 3 N–H and O–H groups in total. The van der Waals surface area contributed by atoms with E-state index >= 15 is 0 Å². The fourth-order valence-electron chi connectivity index (χ4n) is 1.40. The molecule has 0 aliphatic heterocycles. The lowest BCUT2D eigenvalue weighted by atomic mass is 10.1. The average molecular weight is 392 g/mol. The number of aliphatic imine (C=N–C) groups is 1. The van der Waals surface area contributed by atoms with Gasteiger partial charge in [0.15, 0.2) is 5.96 Å². The molecule has 0 saturated heterocycles. The summed E-state index contributed by atoms with van der Waals surface area (Å²) in [6, 6.07) is 3.81. The van der Waals surface area contributed by atoms with E-state index in [1.807, 2.05) is 32.9 Å². The molecule has 0 aliphatic rings. The van der Waals surface area contributed by atoms with Crippen molar-refractivity contribution in [2.75, 3.05) is 6.61 Å². The Morgan fingerprint density at radius 3 is 2.60 bits per heavy atom. The molecule has 20 heavy (non-hydrogen) atoms. The predicted molar refractivity (Wildman–Crippen MR) is 93.7 cm³/mol. The van der Waals surface area contributed by atoms with Crippen molar-refractivity contribution in [3.63, 3.8) is 0 Å². The second-order valence-corrected chi connectivity index (χ2v) is 5.43. The highest BCUT2D eigenvalue weighted by molar-refractivity contribution is 14.0. The summed E-state index contributed by atoms with van der Waals surface area (Å²) < 4.78 is 5.42. The zero-order chi connectivity index (χ0) is 14.3. The van der Waals surface area contributed by atoms with Crippen LogP contribution in [0.4, 0.5) is 0 Å². The number of hydrogen-bond acceptors (Lipinski definition) is 3. The van der Waals surface area contributed by atoms with Crippen molar-refractivity contribution in [2.24, 2.45) is 10.7 Å². The SMILES string of the molecule is CCCOc1ccc(CN=C(N)NC(C)(C)C)cn1.I. The standard InChI is InChI=1S/C14H24N4O.HI/c1-5-8-19-12-7-6-11(9-16-12)10-17-13(15)18-14(2,3)4;/h6-7,9H,5,8,10H2,1-4H3,(H3,15,17,18);1H. The van der Waals surface area contributed by atoms with Gasteiger partial charge in [0, 0.05) is 17.8 Å². The molecule has 0 aliphatic carbocycles. The zero-order valence-corrected chi connectivity index (χ0v) is 15.0. The highest BCUT2D eigenvalue weighted by Crippen LogP contribution is 2.08. The Kier molecular flexibility index (Phi) is 8.52. The lowest BCUT2D eigenvalue weighted by Crippen LogP contribution is -2.44. The number of ether oxygens (including phenoxy) is 1. The third kappa shape index (κ3) is 8.19. The van der Waals surface area contributed by atoms with Gasteiger partial charge in [-0.25, -0.2) is 9.98 Å². The van der Waals surface area contributed by atoms with Gasteiger partial charge in [0.05, 0.1) is 13.2 Å². The molecule has 6 heteroatoms. The van der Waals surface area contributed by atoms with E-state index in [-0.39, 0.29) is 29.5 Å². The monoisotopic (exact) mass is 392 g/mol. The van der Waals surface area contributed by atoms with Gasteiger partial charge in [0.25, 0.3) is 0 Å². The molecule has 0 spiro atoms. The van der Waals surface area contributed by atoms with Crippen LogP contribution in [0.1, 0.15) is 39.7 Å². The Labute approximate surface area is 138 Å². The van der Waals surface area contributed by atoms with Crippen LogP contribution in [-0.2, 0) is 6.54 Å². The second-order valence-electron chi connectivity index (χ2n) is 5.43. The van der Waals surface area contributed by atoms with E-state index in [0.29, 0.717) is 25.0 Å². The van der Waals surface area contributed by atoms with Crippen molar-refractivity contribution in [1.29, 1.82) is 0 Å². The molecule has 114 valence electrons. The van der Waals surface area contributed by atoms with Gasteiger partial charge in [-0.15, -0.1) is 24.0 Å². The topological polar surface area (TPSA) is 72.5 Å². The molecule has 1 rings (SSSR count). The van der Waals surface area contributed by atoms with Crippen molar-refractivity contribution in [3.8, 4) is 5.88 Å². The number of nitrogens with one attached hydrogen (secondary N) is 1. The average Bonchev–Trinajstić information content (AvgIpc) is 2.33. The van der Waals surface area contributed by atoms with Crippen LogP contribution in [0.3, 0.4) is 0 Å². The molecule has 0 unspecified atom stereocenters. The lowest BCUT2D eigenvalue weighted by molar-refractivity contribution is 0.305. The second kappa shape index (κ2) is 8.99. The normalized spacial score (nSPS) is 11.7. The van der Waals surface area contributed by atoms with E-state index in [4.69, 9.17) is 10.5 Å². The van der Waals surface area contributed by atoms with E-state index in [0.717, 1.165) is 12.0 Å². The summed E-state index contributed by atoms with van der Waals surface area (Å²) in [6.07, 6.45) is 2.74. The predicted octanol–water partition coefficient (Wildman–Crippen LogP) is 2.69. The van der Waals surface area contributed by atoms with Gasteiger partial charge in [0.1, 0.15) is 0 Å². The number of pyridine rings is 1. The molecule has 1 heterocycles. The molecule has 0 atom stereocenters. The number of halogens is 1. The number of guanidine groups is 1. The van der Waals surface area contributed by atoms with Crippen molar-refractivity contribution in [3.05, 3.63) is 23.9 Å². The molecule has 0 radical (unpaired) electrons. The summed E-state index contributed by atoms with van der Waals surface area (Å²) in [5.74, 6) is 1.09. The van der Waals surface area contributed by atoms with Crippen molar-refractivity contribution in [2.45, 2.75) is 46.2 Å². The van der Waals surface area contributed by atoms with Crippen LogP contribution in [0, 0.1) is 0 Å². The van der Waals surface area contributed by atoms with Crippen LogP contribution in [0.5, 0.6) is 5.88 Å². The molecule has 0 bridgehead atoms. The highest BCUT2D eigenvalue weighted by Gasteiger charge is 2.09. The molecule has 0 fully saturated rings. The lowest BCUT2D eigenvalue weighted by Gasteiger charge is -2.20. The Hall–Kier alpha value is -1.05. The number of nitrogens with two attached hydrogens (primary N) is 1. The first-order valence-electron chi connectivity index (χ1n) is 6.56. The van der Waals surface area contributed by atoms with E-state index in [9.17, 15) is 0 Å². The number of nitrogens with zero attached hydrogens (tertiary/aromatic N) is 2. The van der Waals surface area contributed by atoms with Crippen LogP contribution in [0.15, 0.2) is 23.3 Å². The Bertz CT molecular complexity index is 412. The van der Waals surface area contributed by atoms with Crippen molar-refractivity contribution in [1.82, 2.24) is 10.3 Å². The Morgan fingerprint density at radius 1 is 1.40 bits per heavy atom. The minimum atomic E-state index is -0.0797. The molecule has 0 saturated carbocycles. The third-order valence-corrected chi connectivity index (χ3v) is 2.19. The molecule has 1 aromatic rings. The quantitative estimate of drug-likeness (QED) is 0.459. The van der Waals surface area contributed by atoms with Crippen LogP contribution in [0.25, 0.3) is 0 Å². The van der Waals surface area contributed by atoms with Crippen LogP contribution >= 0.6 is 24.0 Å². The first-order valence-corrected chi connectivity index (χ1v) is 6.56. The minimum Gasteiger partial charge on any atom is -0.478 e. The van der Waals surface area contributed by atoms with E-state index in [1.165, 1.54) is 0 Å². The van der Waals surface area contributed by atoms with Crippen molar-refractivity contribution < 1.29 is 4.74 Å².